The van der Waals surface area contributed by atoms with Gasteiger partial charge in [-0.05, 0) is 70.2 Å². The number of anilines is 1. The Kier molecular flexibility index (Phi) is 7.11. The number of rotatable bonds is 5. The summed E-state index contributed by atoms with van der Waals surface area (Å²) in [7, 11) is 1.31. The van der Waals surface area contributed by atoms with Crippen molar-refractivity contribution in [3.05, 3.63) is 65.5 Å². The molecule has 2 heterocycles. The molecule has 2 aromatic carbocycles. The Morgan fingerprint density at radius 2 is 1.61 bits per heavy atom. The molecule has 0 unspecified atom stereocenters. The van der Waals surface area contributed by atoms with Gasteiger partial charge in [0, 0.05) is 39.6 Å². The highest BCUT2D eigenvalue weighted by molar-refractivity contribution is 6.07. The van der Waals surface area contributed by atoms with Crippen LogP contribution in [0.3, 0.4) is 0 Å². The second-order valence-corrected chi connectivity index (χ2v) is 9.58. The van der Waals surface area contributed by atoms with E-state index in [0.717, 1.165) is 10.4 Å². The third-order valence-electron chi connectivity index (χ3n) is 5.58. The highest BCUT2D eigenvalue weighted by Gasteiger charge is 2.22. The topological polar surface area (TPSA) is 146 Å². The Labute approximate surface area is 218 Å². The fourth-order valence-corrected chi connectivity index (χ4v) is 3.85. The Hall–Kier alpha value is -4.80. The second kappa shape index (κ2) is 10.3. The number of fused-ring (bicyclic) bond motifs is 2. The van der Waals surface area contributed by atoms with E-state index >= 15 is 0 Å². The molecule has 0 aliphatic rings. The van der Waals surface area contributed by atoms with E-state index in [0.29, 0.717) is 39.1 Å². The van der Waals surface area contributed by atoms with E-state index in [9.17, 15) is 19.2 Å². The summed E-state index contributed by atoms with van der Waals surface area (Å²) < 4.78 is 9.96. The lowest BCUT2D eigenvalue weighted by molar-refractivity contribution is 0.0302. The van der Waals surface area contributed by atoms with Crippen molar-refractivity contribution >= 4 is 51.4 Å². The number of nitrogens with one attached hydrogen (secondary N) is 4. The maximum Gasteiger partial charge on any atom is 0.426 e. The van der Waals surface area contributed by atoms with Crippen LogP contribution in [-0.4, -0.2) is 58.1 Å². The van der Waals surface area contributed by atoms with Crippen molar-refractivity contribution in [2.45, 2.75) is 33.3 Å². The second-order valence-electron chi connectivity index (χ2n) is 9.58. The van der Waals surface area contributed by atoms with Crippen LogP contribution in [-0.2, 0) is 9.47 Å². The highest BCUT2D eigenvalue weighted by atomic mass is 16.6. The summed E-state index contributed by atoms with van der Waals surface area (Å²) in [6.07, 6.45) is -0.728. The summed E-state index contributed by atoms with van der Waals surface area (Å²) in [5.74, 6) is -1.28. The molecule has 0 bridgehead atoms. The van der Waals surface area contributed by atoms with Crippen molar-refractivity contribution in [2.24, 2.45) is 0 Å². The van der Waals surface area contributed by atoms with Crippen LogP contribution in [0.4, 0.5) is 10.5 Å². The molecule has 4 rings (SSSR count). The zero-order valence-electron chi connectivity index (χ0n) is 21.7. The fraction of sp³-hybridized carbons (Fsp3) is 0.259. The first-order valence-corrected chi connectivity index (χ1v) is 11.9. The first-order chi connectivity index (χ1) is 18.0. The number of carbonyl (C=O) groups is 4. The number of amides is 3. The van der Waals surface area contributed by atoms with Crippen LogP contribution in [0.1, 0.15) is 59.0 Å². The van der Waals surface area contributed by atoms with Crippen LogP contribution >= 0.6 is 0 Å². The van der Waals surface area contributed by atoms with Crippen LogP contribution in [0.15, 0.2) is 48.5 Å². The molecule has 0 fully saturated rings. The predicted molar refractivity (Wildman–Crippen MR) is 142 cm³/mol. The molecule has 2 aromatic heterocycles. The third kappa shape index (κ3) is 5.77. The summed E-state index contributed by atoms with van der Waals surface area (Å²) in [5.41, 5.74) is 4.57. The fourth-order valence-electron chi connectivity index (χ4n) is 3.85. The average molecular weight is 520 g/mol. The van der Waals surface area contributed by atoms with Crippen molar-refractivity contribution in [3.63, 3.8) is 0 Å². The molecule has 4 N–H and O–H groups in total. The average Bonchev–Trinajstić information content (AvgIpc) is 3.49. The van der Waals surface area contributed by atoms with Gasteiger partial charge in [0.2, 0.25) is 0 Å². The third-order valence-corrected chi connectivity index (χ3v) is 5.58. The first kappa shape index (κ1) is 26.3. The van der Waals surface area contributed by atoms with Gasteiger partial charge in [-0.1, -0.05) is 6.07 Å². The van der Waals surface area contributed by atoms with Gasteiger partial charge < -0.3 is 24.8 Å². The summed E-state index contributed by atoms with van der Waals surface area (Å²) >= 11 is 0. The van der Waals surface area contributed by atoms with Gasteiger partial charge in [0.25, 0.3) is 11.8 Å². The Balaban J connectivity index is 1.49. The number of ether oxygens (including phenoxy) is 2. The smallest absolute Gasteiger partial charge is 0.426 e. The molecule has 11 nitrogen and oxygen atoms in total. The number of nitrogens with zero attached hydrogens (tertiary/aromatic N) is 1. The zero-order chi connectivity index (χ0) is 27.6. The van der Waals surface area contributed by atoms with Gasteiger partial charge in [-0.2, -0.15) is 0 Å². The van der Waals surface area contributed by atoms with Crippen LogP contribution in [0, 0.1) is 0 Å². The molecule has 0 aliphatic carbocycles. The number of esters is 1. The van der Waals surface area contributed by atoms with Gasteiger partial charge >= 0.3 is 12.1 Å². The number of methoxy groups -OCH3 is 1. The predicted octanol–water partition coefficient (Wildman–Crippen LogP) is 4.59. The normalized spacial score (nSPS) is 11.3. The van der Waals surface area contributed by atoms with E-state index < -0.39 is 23.6 Å². The summed E-state index contributed by atoms with van der Waals surface area (Å²) in [5, 5.41) is 5.44. The number of benzene rings is 2. The zero-order valence-corrected chi connectivity index (χ0v) is 21.7. The highest BCUT2D eigenvalue weighted by Crippen LogP contribution is 2.23. The molecule has 0 saturated heterocycles. The first-order valence-electron chi connectivity index (χ1n) is 11.9. The summed E-state index contributed by atoms with van der Waals surface area (Å²) in [6, 6.07) is 13.5. The monoisotopic (exact) mass is 519 g/mol. The Morgan fingerprint density at radius 1 is 0.895 bits per heavy atom. The number of hydrazine groups is 1. The lowest BCUT2D eigenvalue weighted by Crippen LogP contribution is -2.47. The van der Waals surface area contributed by atoms with Gasteiger partial charge in [-0.25, -0.2) is 20.0 Å². The van der Waals surface area contributed by atoms with E-state index in [-0.39, 0.29) is 12.5 Å². The van der Waals surface area contributed by atoms with Crippen molar-refractivity contribution in [3.8, 4) is 0 Å². The molecule has 198 valence electrons. The SMILES string of the molecule is CCN(NC(=O)OC(C)(C)C)C(=O)c1ccc2[nH]c(C(=O)Nc3ccc4cc(C(=O)OC)[nH]c4c3)cc2c1. The van der Waals surface area contributed by atoms with E-state index in [1.807, 2.05) is 0 Å². The van der Waals surface area contributed by atoms with E-state index in [2.05, 4.69) is 20.7 Å². The molecule has 0 aliphatic heterocycles. The number of hydrogen-bond acceptors (Lipinski definition) is 6. The van der Waals surface area contributed by atoms with E-state index in [1.54, 1.807) is 76.2 Å². The number of aromatic amines is 2. The molecule has 4 aromatic rings. The molecule has 0 saturated carbocycles. The Bertz CT molecular complexity index is 1540. The summed E-state index contributed by atoms with van der Waals surface area (Å²) in [4.78, 5) is 55.8. The van der Waals surface area contributed by atoms with Gasteiger partial charge in [0.05, 0.1) is 7.11 Å². The molecular weight excluding hydrogens is 490 g/mol. The molecule has 38 heavy (non-hydrogen) atoms. The standard InChI is InChI=1S/C27H29N5O6/c1-6-32(31-26(36)38-27(2,3)4)24(34)16-8-10-19-17(11-16)13-21(29-19)23(33)28-18-9-7-15-12-22(25(35)37-5)30-20(15)14-18/h7-14,29-30H,6H2,1-5H3,(H,28,33)(H,31,36). The van der Waals surface area contributed by atoms with Gasteiger partial charge in [-0.3, -0.25) is 9.59 Å². The van der Waals surface area contributed by atoms with Crippen LogP contribution < -0.4 is 10.7 Å². The van der Waals surface area contributed by atoms with Crippen LogP contribution in [0.25, 0.3) is 21.8 Å². The lowest BCUT2D eigenvalue weighted by atomic mass is 10.1. The molecule has 3 amide bonds. The molecular formula is C27H29N5O6. The van der Waals surface area contributed by atoms with Crippen molar-refractivity contribution < 1.29 is 28.7 Å². The van der Waals surface area contributed by atoms with Gasteiger partial charge in [0.1, 0.15) is 17.0 Å². The maximum absolute atomic E-state index is 13.0. The summed E-state index contributed by atoms with van der Waals surface area (Å²) in [6.45, 7) is 7.16. The van der Waals surface area contributed by atoms with Crippen LogP contribution in [0.5, 0.6) is 0 Å². The minimum atomic E-state index is -0.728. The number of H-pyrrole nitrogens is 2. The van der Waals surface area contributed by atoms with Crippen LogP contribution in [0.2, 0.25) is 0 Å². The van der Waals surface area contributed by atoms with Crippen molar-refractivity contribution in [1.29, 1.82) is 0 Å². The largest absolute Gasteiger partial charge is 0.464 e. The minimum Gasteiger partial charge on any atom is -0.464 e. The maximum atomic E-state index is 13.0. The number of carbonyl (C=O) groups excluding carboxylic acids is 4. The van der Waals surface area contributed by atoms with Gasteiger partial charge in [-0.15, -0.1) is 0 Å². The van der Waals surface area contributed by atoms with E-state index in [4.69, 9.17) is 9.47 Å². The lowest BCUT2D eigenvalue weighted by Gasteiger charge is -2.25. The molecule has 0 atom stereocenters. The molecule has 0 spiro atoms. The minimum absolute atomic E-state index is 0.225. The molecule has 0 radical (unpaired) electrons. The van der Waals surface area contributed by atoms with E-state index in [1.165, 1.54) is 7.11 Å². The quantitative estimate of drug-likeness (QED) is 0.224. The Morgan fingerprint density at radius 3 is 2.29 bits per heavy atom. The number of aromatic nitrogens is 2. The van der Waals surface area contributed by atoms with Crippen molar-refractivity contribution in [1.82, 2.24) is 20.4 Å². The van der Waals surface area contributed by atoms with Gasteiger partial charge in [0.15, 0.2) is 0 Å². The number of hydrogen-bond donors (Lipinski definition) is 4. The molecule has 11 heteroatoms. The van der Waals surface area contributed by atoms with Crippen molar-refractivity contribution in [2.75, 3.05) is 19.0 Å².